The van der Waals surface area contributed by atoms with Crippen LogP contribution in [0.1, 0.15) is 73.6 Å². The summed E-state index contributed by atoms with van der Waals surface area (Å²) in [5.74, 6) is -0.579. The molecule has 2 aliphatic carbocycles. The van der Waals surface area contributed by atoms with Crippen LogP contribution < -0.4 is 0 Å². The second-order valence-corrected chi connectivity index (χ2v) is 9.44. The average molecular weight is 477 g/mol. The summed E-state index contributed by atoms with van der Waals surface area (Å²) in [7, 11) is 0. The number of aryl methyl sites for hydroxylation is 1. The topological polar surface area (TPSA) is 94.0 Å². The van der Waals surface area contributed by atoms with Crippen LogP contribution in [0, 0.1) is 12.8 Å². The summed E-state index contributed by atoms with van der Waals surface area (Å²) >= 11 is 6.11. The van der Waals surface area contributed by atoms with Gasteiger partial charge in [-0.3, -0.25) is 9.48 Å². The van der Waals surface area contributed by atoms with Gasteiger partial charge in [0.15, 0.2) is 5.82 Å². The van der Waals surface area contributed by atoms with Crippen LogP contribution in [0.4, 0.5) is 8.78 Å². The van der Waals surface area contributed by atoms with Gasteiger partial charge < -0.3 is 9.63 Å². The number of nitrogens with zero attached hydrogens (tertiary/aromatic N) is 4. The largest absolute Gasteiger partial charge is 0.481 e. The smallest absolute Gasteiger partial charge is 0.306 e. The predicted molar refractivity (Wildman–Crippen MR) is 115 cm³/mol. The van der Waals surface area contributed by atoms with Crippen LogP contribution in [-0.4, -0.2) is 31.0 Å². The van der Waals surface area contributed by atoms with Crippen LogP contribution in [0.15, 0.2) is 28.8 Å². The molecule has 3 aromatic rings. The van der Waals surface area contributed by atoms with Crippen molar-refractivity contribution in [2.45, 2.75) is 63.3 Å². The van der Waals surface area contributed by atoms with E-state index in [-0.39, 0.29) is 23.0 Å². The Hall–Kier alpha value is -2.81. The Labute approximate surface area is 193 Å². The minimum atomic E-state index is -2.74. The molecule has 0 bridgehead atoms. The highest BCUT2D eigenvalue weighted by Crippen LogP contribution is 2.53. The van der Waals surface area contributed by atoms with E-state index in [0.29, 0.717) is 42.2 Å². The van der Waals surface area contributed by atoms with Gasteiger partial charge in [0.1, 0.15) is 11.4 Å². The van der Waals surface area contributed by atoms with E-state index in [1.807, 2.05) is 25.1 Å². The van der Waals surface area contributed by atoms with Crippen molar-refractivity contribution in [2.24, 2.45) is 5.92 Å². The van der Waals surface area contributed by atoms with E-state index in [9.17, 15) is 18.7 Å². The van der Waals surface area contributed by atoms with Crippen molar-refractivity contribution >= 4 is 17.6 Å². The Balaban J connectivity index is 1.48. The first-order valence-electron chi connectivity index (χ1n) is 11.0. The number of carbonyl (C=O) groups is 1. The van der Waals surface area contributed by atoms with Gasteiger partial charge in [-0.1, -0.05) is 22.8 Å². The van der Waals surface area contributed by atoms with E-state index in [2.05, 4.69) is 15.2 Å². The number of rotatable bonds is 6. The fraction of sp³-hybridized carbons (Fsp3) is 0.478. The van der Waals surface area contributed by atoms with Gasteiger partial charge in [0.05, 0.1) is 17.4 Å². The second kappa shape index (κ2) is 8.20. The Kier molecular flexibility index (Phi) is 5.47. The molecule has 174 valence electrons. The summed E-state index contributed by atoms with van der Waals surface area (Å²) < 4.78 is 34.0. The van der Waals surface area contributed by atoms with Crippen LogP contribution >= 0.6 is 11.6 Å². The first kappa shape index (κ1) is 22.0. The van der Waals surface area contributed by atoms with Crippen LogP contribution in [0.25, 0.3) is 11.6 Å². The van der Waals surface area contributed by atoms with Crippen molar-refractivity contribution in [3.05, 3.63) is 51.9 Å². The van der Waals surface area contributed by atoms with Gasteiger partial charge in [-0.25, -0.2) is 8.78 Å². The fourth-order valence-corrected chi connectivity index (χ4v) is 5.18. The van der Waals surface area contributed by atoms with Crippen molar-refractivity contribution in [2.75, 3.05) is 0 Å². The normalized spacial score (nSPS) is 22.0. The third kappa shape index (κ3) is 3.92. The third-order valence-corrected chi connectivity index (χ3v) is 7.13. The van der Waals surface area contributed by atoms with Gasteiger partial charge in [0.25, 0.3) is 12.3 Å². The molecule has 0 atom stereocenters. The van der Waals surface area contributed by atoms with E-state index < -0.39 is 18.3 Å². The van der Waals surface area contributed by atoms with Crippen molar-refractivity contribution < 1.29 is 23.2 Å². The zero-order valence-electron chi connectivity index (χ0n) is 18.0. The van der Waals surface area contributed by atoms with Gasteiger partial charge in [-0.15, -0.1) is 0 Å². The van der Waals surface area contributed by atoms with E-state index in [1.54, 1.807) is 0 Å². The lowest BCUT2D eigenvalue weighted by molar-refractivity contribution is -0.143. The molecule has 0 saturated heterocycles. The van der Waals surface area contributed by atoms with E-state index in [4.69, 9.17) is 16.1 Å². The number of aliphatic carboxylic acids is 1. The van der Waals surface area contributed by atoms with Crippen LogP contribution in [0.5, 0.6) is 0 Å². The summed E-state index contributed by atoms with van der Waals surface area (Å²) in [5.41, 5.74) is 1.72. The van der Waals surface area contributed by atoms with Gasteiger partial charge in [0, 0.05) is 5.02 Å². The predicted octanol–water partition coefficient (Wildman–Crippen LogP) is 5.73. The number of halogens is 3. The Bertz CT molecular complexity index is 1200. The minimum Gasteiger partial charge on any atom is -0.481 e. The van der Waals surface area contributed by atoms with Gasteiger partial charge in [0.2, 0.25) is 0 Å². The summed E-state index contributed by atoms with van der Waals surface area (Å²) in [6.07, 6.45) is 0.972. The number of hydrogen-bond acceptors (Lipinski definition) is 5. The summed E-state index contributed by atoms with van der Waals surface area (Å²) in [5, 5.41) is 18.3. The van der Waals surface area contributed by atoms with E-state index in [0.717, 1.165) is 24.0 Å². The Morgan fingerprint density at radius 3 is 2.58 bits per heavy atom. The molecule has 0 amide bonds. The fourth-order valence-electron chi connectivity index (χ4n) is 4.95. The molecular weight excluding hydrogens is 454 g/mol. The molecule has 1 N–H and O–H groups in total. The monoisotopic (exact) mass is 476 g/mol. The molecule has 1 aromatic carbocycles. The molecular formula is C23H23ClF2N4O3. The maximum absolute atomic E-state index is 13.5. The number of benzene rings is 1. The number of aromatic nitrogens is 4. The van der Waals surface area contributed by atoms with Crippen molar-refractivity contribution in [3.63, 3.8) is 0 Å². The lowest BCUT2D eigenvalue weighted by Crippen LogP contribution is -2.24. The quantitative estimate of drug-likeness (QED) is 0.488. The van der Waals surface area contributed by atoms with Crippen LogP contribution in [0.3, 0.4) is 0 Å². The van der Waals surface area contributed by atoms with E-state index >= 15 is 0 Å². The minimum absolute atomic E-state index is 0.141. The van der Waals surface area contributed by atoms with Crippen LogP contribution in [-0.2, 0) is 10.2 Å². The molecule has 0 radical (unpaired) electrons. The number of carboxylic acids is 1. The molecule has 2 aromatic heterocycles. The second-order valence-electron chi connectivity index (χ2n) is 9.01. The molecule has 2 aliphatic rings. The molecule has 2 saturated carbocycles. The highest BCUT2D eigenvalue weighted by atomic mass is 35.5. The zero-order valence-corrected chi connectivity index (χ0v) is 18.7. The highest BCUT2D eigenvalue weighted by molar-refractivity contribution is 6.30. The molecule has 0 unspecified atom stereocenters. The molecule has 7 nitrogen and oxygen atoms in total. The SMILES string of the molecule is Cc1cc(Cl)ccc1C1(c2noc(-c3cc(C(F)F)nn3C3CCC(C(=O)O)CC3)n2)CC1. The molecule has 0 aliphatic heterocycles. The summed E-state index contributed by atoms with van der Waals surface area (Å²) in [6.45, 7) is 1.99. The standard InChI is InChI=1S/C23H23ClF2N4O3/c1-12-10-14(24)4-7-16(12)23(8-9-23)22-27-20(33-29-22)18-11-17(19(25)26)28-30(18)15-5-2-13(3-6-15)21(31)32/h4,7,10-11,13,15,19H,2-3,5-6,8-9H2,1H3,(H,31,32). The van der Waals surface area contributed by atoms with Crippen LogP contribution in [0.2, 0.25) is 5.02 Å². The van der Waals surface area contributed by atoms with Crippen molar-refractivity contribution in [1.82, 2.24) is 19.9 Å². The highest BCUT2D eigenvalue weighted by Gasteiger charge is 2.51. The lowest BCUT2D eigenvalue weighted by atomic mass is 9.86. The summed E-state index contributed by atoms with van der Waals surface area (Å²) in [6, 6.07) is 6.79. The number of alkyl halides is 2. The Morgan fingerprint density at radius 1 is 1.24 bits per heavy atom. The van der Waals surface area contributed by atoms with Crippen molar-refractivity contribution in [1.29, 1.82) is 0 Å². The number of carboxylic acid groups (broad SMARTS) is 1. The van der Waals surface area contributed by atoms with Gasteiger partial charge in [-0.2, -0.15) is 10.1 Å². The molecule has 10 heteroatoms. The lowest BCUT2D eigenvalue weighted by Gasteiger charge is -2.27. The van der Waals surface area contributed by atoms with Gasteiger partial charge in [-0.05, 0) is 74.8 Å². The molecule has 5 rings (SSSR count). The molecule has 2 heterocycles. The average Bonchev–Trinajstić information content (AvgIpc) is 3.22. The zero-order chi connectivity index (χ0) is 23.3. The third-order valence-electron chi connectivity index (χ3n) is 6.90. The Morgan fingerprint density at radius 2 is 1.97 bits per heavy atom. The molecule has 2 fully saturated rings. The molecule has 0 spiro atoms. The first-order chi connectivity index (χ1) is 15.8. The number of hydrogen-bond donors (Lipinski definition) is 1. The maximum Gasteiger partial charge on any atom is 0.306 e. The van der Waals surface area contributed by atoms with E-state index in [1.165, 1.54) is 10.7 Å². The molecule has 33 heavy (non-hydrogen) atoms. The van der Waals surface area contributed by atoms with Crippen molar-refractivity contribution in [3.8, 4) is 11.6 Å². The first-order valence-corrected chi connectivity index (χ1v) is 11.4. The summed E-state index contributed by atoms with van der Waals surface area (Å²) in [4.78, 5) is 15.9. The van der Waals surface area contributed by atoms with Gasteiger partial charge >= 0.3 is 5.97 Å². The maximum atomic E-state index is 13.5.